The minimum Gasteiger partial charge on any atom is -0.469 e. The number of pyridine rings is 2. The van der Waals surface area contributed by atoms with Gasteiger partial charge < -0.3 is 14.2 Å². The molecule has 0 saturated carbocycles. The van der Waals surface area contributed by atoms with Gasteiger partial charge >= 0.3 is 5.97 Å². The highest BCUT2D eigenvalue weighted by molar-refractivity contribution is 5.70. The van der Waals surface area contributed by atoms with Crippen LogP contribution in [0, 0.1) is 17.2 Å². The molecule has 3 aromatic heterocycles. The first-order valence-corrected chi connectivity index (χ1v) is 12.3. The molecular formula is C26H29F2N7O3. The number of hydrogen-bond donors (Lipinski definition) is 0. The Hall–Kier alpha value is -4.14. The molecule has 0 spiro atoms. The minimum atomic E-state index is -3.04. The number of hydrogen-bond acceptors (Lipinski definition) is 8. The molecule has 4 rings (SSSR count). The molecule has 0 bridgehead atoms. The van der Waals surface area contributed by atoms with Crippen LogP contribution in [0.2, 0.25) is 0 Å². The maximum absolute atomic E-state index is 14.6. The van der Waals surface area contributed by atoms with Gasteiger partial charge in [-0.3, -0.25) is 9.59 Å². The van der Waals surface area contributed by atoms with E-state index in [9.17, 15) is 23.6 Å². The first-order chi connectivity index (χ1) is 18.1. The molecule has 0 aromatic carbocycles. The van der Waals surface area contributed by atoms with Gasteiger partial charge in [-0.05, 0) is 30.0 Å². The number of nitriles is 1. The molecule has 1 fully saturated rings. The number of carbonyl (C=O) groups excluding carboxylic acids is 1. The fourth-order valence-corrected chi connectivity index (χ4v) is 4.82. The fourth-order valence-electron chi connectivity index (χ4n) is 4.82. The van der Waals surface area contributed by atoms with Gasteiger partial charge in [0.05, 0.1) is 43.7 Å². The summed E-state index contributed by atoms with van der Waals surface area (Å²) in [6, 6.07) is 8.50. The maximum Gasteiger partial charge on any atom is 0.305 e. The molecule has 10 nitrogen and oxygen atoms in total. The number of halogens is 2. The molecule has 0 aliphatic carbocycles. The second-order valence-corrected chi connectivity index (χ2v) is 9.52. The van der Waals surface area contributed by atoms with Gasteiger partial charge in [0, 0.05) is 32.3 Å². The van der Waals surface area contributed by atoms with Crippen molar-refractivity contribution in [3.8, 4) is 17.5 Å². The van der Waals surface area contributed by atoms with E-state index in [1.54, 1.807) is 34.6 Å². The summed E-state index contributed by atoms with van der Waals surface area (Å²) in [4.78, 5) is 30.0. The number of aryl methyl sites for hydroxylation is 2. The summed E-state index contributed by atoms with van der Waals surface area (Å²) in [6.45, 7) is 1.82. The summed E-state index contributed by atoms with van der Waals surface area (Å²) in [7, 11) is 2.92. The summed E-state index contributed by atoms with van der Waals surface area (Å²) >= 11 is 0. The number of rotatable bonds is 8. The van der Waals surface area contributed by atoms with E-state index in [-0.39, 0.29) is 36.5 Å². The smallest absolute Gasteiger partial charge is 0.305 e. The van der Waals surface area contributed by atoms with E-state index in [1.807, 2.05) is 12.1 Å². The van der Waals surface area contributed by atoms with E-state index >= 15 is 0 Å². The van der Waals surface area contributed by atoms with Crippen molar-refractivity contribution in [3.63, 3.8) is 0 Å². The van der Waals surface area contributed by atoms with Crippen LogP contribution in [-0.4, -0.2) is 56.6 Å². The topological polar surface area (TPSA) is 119 Å². The highest BCUT2D eigenvalue weighted by atomic mass is 19.3. The second kappa shape index (κ2) is 11.1. The van der Waals surface area contributed by atoms with Gasteiger partial charge in [-0.25, -0.2) is 18.4 Å². The van der Waals surface area contributed by atoms with Crippen LogP contribution < -0.4 is 10.5 Å². The van der Waals surface area contributed by atoms with Crippen molar-refractivity contribution in [3.05, 3.63) is 57.8 Å². The van der Waals surface area contributed by atoms with Crippen molar-refractivity contribution in [2.45, 2.75) is 45.1 Å². The van der Waals surface area contributed by atoms with Crippen molar-refractivity contribution in [2.24, 2.45) is 13.0 Å². The van der Waals surface area contributed by atoms with Gasteiger partial charge in [0.15, 0.2) is 5.69 Å². The molecule has 0 N–H and O–H groups in total. The van der Waals surface area contributed by atoms with E-state index in [4.69, 9.17) is 0 Å². The zero-order valence-electron chi connectivity index (χ0n) is 21.5. The van der Waals surface area contributed by atoms with Crippen LogP contribution in [0.5, 0.6) is 0 Å². The van der Waals surface area contributed by atoms with Crippen molar-refractivity contribution < 1.29 is 18.3 Å². The molecule has 200 valence electrons. The molecule has 38 heavy (non-hydrogen) atoms. The van der Waals surface area contributed by atoms with Crippen LogP contribution in [0.15, 0.2) is 35.3 Å². The normalized spacial score (nSPS) is 16.7. The predicted octanol–water partition coefficient (Wildman–Crippen LogP) is 2.94. The fraction of sp³-hybridized carbons (Fsp3) is 0.462. The SMILES string of the molecule is CCCc1ccc(=O)n(Cc2c(-c3ccc(N4C[C@@H](CC(=O)OC)CC(F)(F)C4)c(C#N)n3)nnn2C)c1. The number of anilines is 1. The second-order valence-electron chi connectivity index (χ2n) is 9.52. The average molecular weight is 526 g/mol. The van der Waals surface area contributed by atoms with E-state index in [0.717, 1.165) is 18.4 Å². The molecule has 4 heterocycles. The van der Waals surface area contributed by atoms with Gasteiger partial charge in [-0.1, -0.05) is 24.6 Å². The Kier molecular flexibility index (Phi) is 7.85. The lowest BCUT2D eigenvalue weighted by Crippen LogP contribution is -2.48. The zero-order valence-corrected chi connectivity index (χ0v) is 21.5. The Balaban J connectivity index is 1.66. The summed E-state index contributed by atoms with van der Waals surface area (Å²) in [6.07, 6.45) is 3.00. The highest BCUT2D eigenvalue weighted by Crippen LogP contribution is 2.36. The first-order valence-electron chi connectivity index (χ1n) is 12.3. The molecular weight excluding hydrogens is 496 g/mol. The van der Waals surface area contributed by atoms with Crippen molar-refractivity contribution >= 4 is 11.7 Å². The van der Waals surface area contributed by atoms with Gasteiger partial charge in [0.25, 0.3) is 11.5 Å². The third-order valence-corrected chi connectivity index (χ3v) is 6.58. The molecule has 1 aliphatic heterocycles. The average Bonchev–Trinajstić information content (AvgIpc) is 3.24. The van der Waals surface area contributed by atoms with Crippen LogP contribution >= 0.6 is 0 Å². The van der Waals surface area contributed by atoms with E-state index in [1.165, 1.54) is 18.1 Å². The summed E-state index contributed by atoms with van der Waals surface area (Å²) in [5.41, 5.74) is 2.38. The van der Waals surface area contributed by atoms with Crippen molar-refractivity contribution in [1.82, 2.24) is 24.5 Å². The Bertz CT molecular complexity index is 1430. The number of methoxy groups -OCH3 is 1. The zero-order chi connectivity index (χ0) is 27.4. The minimum absolute atomic E-state index is 0.0456. The van der Waals surface area contributed by atoms with Crippen LogP contribution in [0.1, 0.15) is 43.1 Å². The lowest BCUT2D eigenvalue weighted by atomic mass is 9.91. The van der Waals surface area contributed by atoms with Gasteiger partial charge in [0.1, 0.15) is 11.8 Å². The number of aromatic nitrogens is 5. The predicted molar refractivity (Wildman–Crippen MR) is 135 cm³/mol. The molecule has 1 saturated heterocycles. The highest BCUT2D eigenvalue weighted by Gasteiger charge is 2.42. The number of alkyl halides is 2. The standard InChI is InChI=1S/C26H29F2N7O3/c1-4-5-17-6-9-23(36)34(13-17)15-22-25(31-32-33(22)2)19-7-8-21(20(12-29)30-19)35-14-18(10-24(37)38-3)11-26(27,28)16-35/h6-9,13,18H,4-5,10-11,14-16H2,1-3H3/t18-/m0/s1. The number of esters is 1. The largest absolute Gasteiger partial charge is 0.469 e. The van der Waals surface area contributed by atoms with Crippen molar-refractivity contribution in [2.75, 3.05) is 25.1 Å². The van der Waals surface area contributed by atoms with Gasteiger partial charge in [-0.15, -0.1) is 5.10 Å². The van der Waals surface area contributed by atoms with Gasteiger partial charge in [-0.2, -0.15) is 5.26 Å². The summed E-state index contributed by atoms with van der Waals surface area (Å²) < 4.78 is 36.9. The Morgan fingerprint density at radius 1 is 1.29 bits per heavy atom. The van der Waals surface area contributed by atoms with E-state index < -0.39 is 30.8 Å². The Morgan fingerprint density at radius 3 is 2.79 bits per heavy atom. The van der Waals surface area contributed by atoms with Gasteiger partial charge in [0.2, 0.25) is 0 Å². The monoisotopic (exact) mass is 525 g/mol. The Labute approximate surface area is 218 Å². The third-order valence-electron chi connectivity index (χ3n) is 6.58. The van der Waals surface area contributed by atoms with Crippen molar-refractivity contribution in [1.29, 1.82) is 5.26 Å². The molecule has 0 amide bonds. The lowest BCUT2D eigenvalue weighted by molar-refractivity contribution is -0.142. The maximum atomic E-state index is 14.6. The van der Waals surface area contributed by atoms with Crippen LogP contribution in [0.3, 0.4) is 0 Å². The number of nitrogens with zero attached hydrogens (tertiary/aromatic N) is 7. The van der Waals surface area contributed by atoms with E-state index in [0.29, 0.717) is 17.1 Å². The van der Waals surface area contributed by atoms with Crippen LogP contribution in [0.4, 0.5) is 14.5 Å². The third kappa shape index (κ3) is 5.88. The molecule has 0 unspecified atom stereocenters. The molecule has 0 radical (unpaired) electrons. The number of piperidine rings is 1. The van der Waals surface area contributed by atoms with Crippen LogP contribution in [0.25, 0.3) is 11.4 Å². The summed E-state index contributed by atoms with van der Waals surface area (Å²) in [5, 5.41) is 18.1. The molecule has 3 aromatic rings. The number of ether oxygens (including phenoxy) is 1. The molecule has 1 atom stereocenters. The van der Waals surface area contributed by atoms with E-state index in [2.05, 4.69) is 27.0 Å². The quantitative estimate of drug-likeness (QED) is 0.412. The Morgan fingerprint density at radius 2 is 2.08 bits per heavy atom. The molecule has 1 aliphatic rings. The van der Waals surface area contributed by atoms with Crippen LogP contribution in [-0.2, 0) is 29.5 Å². The lowest BCUT2D eigenvalue weighted by Gasteiger charge is -2.38. The number of carbonyl (C=O) groups is 1. The first kappa shape index (κ1) is 26.9. The molecule has 12 heteroatoms. The summed E-state index contributed by atoms with van der Waals surface area (Å²) in [5.74, 6) is -4.23.